The molecule has 1 aromatic rings. The fraction of sp³-hybridized carbons (Fsp3) is 0.615. The Morgan fingerprint density at radius 3 is 2.69 bits per heavy atom. The van der Waals surface area contributed by atoms with E-state index in [-0.39, 0.29) is 5.75 Å². The van der Waals surface area contributed by atoms with Crippen LogP contribution in [-0.4, -0.2) is 11.7 Å². The SMILES string of the molecule is CC[n+]1ccc(O)c(OCCC(C)C)c1C. The van der Waals surface area contributed by atoms with Crippen LogP contribution in [-0.2, 0) is 6.54 Å². The average molecular weight is 224 g/mol. The number of rotatable bonds is 5. The van der Waals surface area contributed by atoms with Crippen LogP contribution in [0.5, 0.6) is 11.5 Å². The molecular formula is C13H22NO2+. The Morgan fingerprint density at radius 2 is 2.12 bits per heavy atom. The summed E-state index contributed by atoms with van der Waals surface area (Å²) >= 11 is 0. The first-order valence-corrected chi connectivity index (χ1v) is 5.91. The van der Waals surface area contributed by atoms with Crippen LogP contribution >= 0.6 is 0 Å². The number of pyridine rings is 1. The molecule has 16 heavy (non-hydrogen) atoms. The van der Waals surface area contributed by atoms with Crippen molar-refractivity contribution in [3.05, 3.63) is 18.0 Å². The lowest BCUT2D eigenvalue weighted by Gasteiger charge is -2.10. The second kappa shape index (κ2) is 5.73. The summed E-state index contributed by atoms with van der Waals surface area (Å²) in [5, 5.41) is 9.74. The highest BCUT2D eigenvalue weighted by Gasteiger charge is 2.16. The van der Waals surface area contributed by atoms with E-state index in [9.17, 15) is 5.11 Å². The third-order valence-corrected chi connectivity index (χ3v) is 2.69. The van der Waals surface area contributed by atoms with Gasteiger partial charge in [0.15, 0.2) is 11.9 Å². The molecule has 0 aliphatic rings. The molecule has 90 valence electrons. The van der Waals surface area contributed by atoms with Crippen molar-refractivity contribution in [2.24, 2.45) is 5.92 Å². The Kier molecular flexibility index (Phi) is 4.59. The average Bonchev–Trinajstić information content (AvgIpc) is 2.23. The predicted molar refractivity (Wildman–Crippen MR) is 63.7 cm³/mol. The van der Waals surface area contributed by atoms with E-state index >= 15 is 0 Å². The van der Waals surface area contributed by atoms with E-state index in [0.717, 1.165) is 18.7 Å². The fourth-order valence-electron chi connectivity index (χ4n) is 1.58. The van der Waals surface area contributed by atoms with Gasteiger partial charge in [-0.3, -0.25) is 0 Å². The third kappa shape index (κ3) is 3.12. The molecular weight excluding hydrogens is 202 g/mol. The Balaban J connectivity index is 2.77. The third-order valence-electron chi connectivity index (χ3n) is 2.69. The lowest BCUT2D eigenvalue weighted by Crippen LogP contribution is -2.35. The second-order valence-corrected chi connectivity index (χ2v) is 4.43. The first-order valence-electron chi connectivity index (χ1n) is 5.91. The lowest BCUT2D eigenvalue weighted by molar-refractivity contribution is -0.699. The zero-order chi connectivity index (χ0) is 12.1. The van der Waals surface area contributed by atoms with Crippen LogP contribution in [0.25, 0.3) is 0 Å². The van der Waals surface area contributed by atoms with Gasteiger partial charge in [-0.1, -0.05) is 13.8 Å². The van der Waals surface area contributed by atoms with Crippen molar-refractivity contribution in [1.82, 2.24) is 0 Å². The van der Waals surface area contributed by atoms with Gasteiger partial charge in [0.25, 0.3) is 0 Å². The van der Waals surface area contributed by atoms with E-state index in [1.807, 2.05) is 13.1 Å². The highest BCUT2D eigenvalue weighted by Crippen LogP contribution is 2.27. The van der Waals surface area contributed by atoms with Crippen molar-refractivity contribution in [2.45, 2.75) is 40.7 Å². The number of aromatic nitrogens is 1. The molecule has 0 atom stereocenters. The number of hydrogen-bond donors (Lipinski definition) is 1. The van der Waals surface area contributed by atoms with Gasteiger partial charge in [-0.05, 0) is 19.3 Å². The van der Waals surface area contributed by atoms with Crippen LogP contribution in [0.4, 0.5) is 0 Å². The molecule has 0 aromatic carbocycles. The topological polar surface area (TPSA) is 33.3 Å². The van der Waals surface area contributed by atoms with Crippen LogP contribution in [0.1, 0.15) is 32.9 Å². The Morgan fingerprint density at radius 1 is 1.44 bits per heavy atom. The second-order valence-electron chi connectivity index (χ2n) is 4.43. The molecule has 1 rings (SSSR count). The molecule has 0 aliphatic carbocycles. The van der Waals surface area contributed by atoms with Crippen LogP contribution in [0.15, 0.2) is 12.3 Å². The summed E-state index contributed by atoms with van der Waals surface area (Å²) in [4.78, 5) is 0. The van der Waals surface area contributed by atoms with E-state index in [1.165, 1.54) is 0 Å². The summed E-state index contributed by atoms with van der Waals surface area (Å²) in [6.07, 6.45) is 2.87. The standard InChI is InChI=1S/C13H21NO2/c1-5-14-8-6-12(15)13(11(14)4)16-9-7-10(2)3/h6,8,10H,5,7,9H2,1-4H3/p+1. The maximum Gasteiger partial charge on any atom is 0.228 e. The quantitative estimate of drug-likeness (QED) is 0.779. The number of ether oxygens (including phenoxy) is 1. The molecule has 3 nitrogen and oxygen atoms in total. The Bertz CT molecular complexity index is 348. The minimum Gasteiger partial charge on any atom is -0.504 e. The van der Waals surface area contributed by atoms with Gasteiger partial charge in [0, 0.05) is 13.0 Å². The van der Waals surface area contributed by atoms with Gasteiger partial charge >= 0.3 is 0 Å². The zero-order valence-electron chi connectivity index (χ0n) is 10.7. The van der Waals surface area contributed by atoms with Gasteiger partial charge < -0.3 is 9.84 Å². The van der Waals surface area contributed by atoms with E-state index in [2.05, 4.69) is 25.3 Å². The zero-order valence-corrected chi connectivity index (χ0v) is 10.7. The van der Waals surface area contributed by atoms with E-state index in [0.29, 0.717) is 18.3 Å². The maximum absolute atomic E-state index is 9.74. The highest BCUT2D eigenvalue weighted by molar-refractivity contribution is 5.38. The number of hydrogen-bond acceptors (Lipinski definition) is 2. The van der Waals surface area contributed by atoms with Crippen molar-refractivity contribution >= 4 is 0 Å². The maximum atomic E-state index is 9.74. The van der Waals surface area contributed by atoms with Crippen molar-refractivity contribution in [3.63, 3.8) is 0 Å². The predicted octanol–water partition coefficient (Wildman–Crippen LogP) is 2.43. The van der Waals surface area contributed by atoms with E-state index in [4.69, 9.17) is 4.74 Å². The Labute approximate surface area is 97.7 Å². The molecule has 1 heterocycles. The van der Waals surface area contributed by atoms with Crippen molar-refractivity contribution in [3.8, 4) is 11.5 Å². The molecule has 1 N–H and O–H groups in total. The van der Waals surface area contributed by atoms with Crippen molar-refractivity contribution in [2.75, 3.05) is 6.61 Å². The summed E-state index contributed by atoms with van der Waals surface area (Å²) < 4.78 is 7.71. The summed E-state index contributed by atoms with van der Waals surface area (Å²) in [6, 6.07) is 1.68. The Hall–Kier alpha value is -1.25. The largest absolute Gasteiger partial charge is 0.504 e. The summed E-state index contributed by atoms with van der Waals surface area (Å²) in [5.74, 6) is 1.46. The smallest absolute Gasteiger partial charge is 0.228 e. The minimum absolute atomic E-state index is 0.228. The molecule has 3 heteroatoms. The van der Waals surface area contributed by atoms with Gasteiger partial charge in [0.2, 0.25) is 11.4 Å². The summed E-state index contributed by atoms with van der Waals surface area (Å²) in [6.45, 7) is 9.89. The molecule has 0 fully saturated rings. The van der Waals surface area contributed by atoms with Crippen LogP contribution < -0.4 is 9.30 Å². The van der Waals surface area contributed by atoms with Gasteiger partial charge in [0.1, 0.15) is 6.54 Å². The normalized spacial score (nSPS) is 10.8. The molecule has 0 saturated heterocycles. The summed E-state index contributed by atoms with van der Waals surface area (Å²) in [7, 11) is 0. The highest BCUT2D eigenvalue weighted by atomic mass is 16.5. The molecule has 0 saturated carbocycles. The van der Waals surface area contributed by atoms with Crippen LogP contribution in [0.3, 0.4) is 0 Å². The lowest BCUT2D eigenvalue weighted by atomic mass is 10.1. The van der Waals surface area contributed by atoms with E-state index < -0.39 is 0 Å². The van der Waals surface area contributed by atoms with Crippen molar-refractivity contribution in [1.29, 1.82) is 0 Å². The molecule has 0 radical (unpaired) electrons. The first kappa shape index (κ1) is 12.8. The minimum atomic E-state index is 0.228. The molecule has 1 aromatic heterocycles. The number of aryl methyl sites for hydroxylation is 1. The first-order chi connectivity index (χ1) is 7.56. The van der Waals surface area contributed by atoms with Gasteiger partial charge in [0.05, 0.1) is 6.61 Å². The molecule has 0 unspecified atom stereocenters. The molecule has 0 aliphatic heterocycles. The fourth-order valence-corrected chi connectivity index (χ4v) is 1.58. The molecule has 0 bridgehead atoms. The van der Waals surface area contributed by atoms with Gasteiger partial charge in [-0.15, -0.1) is 0 Å². The van der Waals surface area contributed by atoms with Crippen LogP contribution in [0, 0.1) is 12.8 Å². The number of aromatic hydroxyl groups is 1. The van der Waals surface area contributed by atoms with Gasteiger partial charge in [-0.25, -0.2) is 0 Å². The van der Waals surface area contributed by atoms with Crippen LogP contribution in [0.2, 0.25) is 0 Å². The number of nitrogens with zero attached hydrogens (tertiary/aromatic N) is 1. The summed E-state index contributed by atoms with van der Waals surface area (Å²) in [5.41, 5.74) is 0.978. The van der Waals surface area contributed by atoms with Crippen molar-refractivity contribution < 1.29 is 14.4 Å². The van der Waals surface area contributed by atoms with E-state index in [1.54, 1.807) is 6.07 Å². The van der Waals surface area contributed by atoms with Gasteiger partial charge in [-0.2, -0.15) is 4.57 Å². The molecule has 0 spiro atoms. The molecule has 0 amide bonds. The monoisotopic (exact) mass is 224 g/mol.